The summed E-state index contributed by atoms with van der Waals surface area (Å²) in [6.45, 7) is 3.57. The summed E-state index contributed by atoms with van der Waals surface area (Å²) in [7, 11) is 0. The van der Waals surface area contributed by atoms with Crippen molar-refractivity contribution in [3.63, 3.8) is 0 Å². The molecule has 0 aliphatic heterocycles. The monoisotopic (exact) mass is 493 g/mol. The van der Waals surface area contributed by atoms with Crippen molar-refractivity contribution >= 4 is 50.1 Å². The Bertz CT molecular complexity index is 949. The van der Waals surface area contributed by atoms with Gasteiger partial charge in [-0.3, -0.25) is 4.79 Å². The zero-order valence-corrected chi connectivity index (χ0v) is 19.4. The number of ether oxygens (including phenoxy) is 2. The summed E-state index contributed by atoms with van der Waals surface area (Å²) in [5.74, 6) is -1.43. The number of amides is 1. The maximum atomic E-state index is 12.8. The number of hydrogen-bond acceptors (Lipinski definition) is 6. The first-order valence-electron chi connectivity index (χ1n) is 9.99. The lowest BCUT2D eigenvalue weighted by atomic mass is 9.98. The summed E-state index contributed by atoms with van der Waals surface area (Å²) in [6.07, 6.45) is 4.85. The van der Waals surface area contributed by atoms with Crippen molar-refractivity contribution in [2.75, 3.05) is 11.9 Å². The third-order valence-electron chi connectivity index (χ3n) is 4.98. The molecule has 1 heterocycles. The van der Waals surface area contributed by atoms with Gasteiger partial charge in [0.25, 0.3) is 5.91 Å². The Balaban J connectivity index is 1.90. The molecule has 3 rings (SSSR count). The molecule has 2 aromatic rings. The highest BCUT2D eigenvalue weighted by atomic mass is 79.9. The van der Waals surface area contributed by atoms with Crippen molar-refractivity contribution < 1.29 is 23.9 Å². The Hall–Kier alpha value is -2.19. The maximum Gasteiger partial charge on any atom is 0.348 e. The van der Waals surface area contributed by atoms with E-state index in [9.17, 15) is 14.4 Å². The number of esters is 2. The van der Waals surface area contributed by atoms with Crippen LogP contribution in [0.15, 0.2) is 28.7 Å². The number of anilines is 1. The van der Waals surface area contributed by atoms with Crippen molar-refractivity contribution in [3.05, 3.63) is 50.3 Å². The first kappa shape index (κ1) is 22.5. The van der Waals surface area contributed by atoms with E-state index in [4.69, 9.17) is 9.47 Å². The van der Waals surface area contributed by atoms with Gasteiger partial charge in [0.05, 0.1) is 17.7 Å². The number of thiophene rings is 1. The molecular formula is C22H24BrNO5S. The Labute approximate surface area is 188 Å². The van der Waals surface area contributed by atoms with Crippen LogP contribution in [0.4, 0.5) is 5.00 Å². The zero-order chi connectivity index (χ0) is 21.7. The van der Waals surface area contributed by atoms with E-state index in [-0.39, 0.29) is 29.2 Å². The van der Waals surface area contributed by atoms with E-state index in [2.05, 4.69) is 21.2 Å². The summed E-state index contributed by atoms with van der Waals surface area (Å²) in [6, 6.07) is 6.98. The molecule has 6 nitrogen and oxygen atoms in total. The fourth-order valence-electron chi connectivity index (χ4n) is 3.45. The molecule has 160 valence electrons. The molecular weight excluding hydrogens is 470 g/mol. The van der Waals surface area contributed by atoms with Crippen LogP contribution in [0.1, 0.15) is 75.0 Å². The molecule has 8 heteroatoms. The highest BCUT2D eigenvalue weighted by Gasteiger charge is 2.29. The van der Waals surface area contributed by atoms with Crippen LogP contribution < -0.4 is 5.32 Å². The van der Waals surface area contributed by atoms with Crippen molar-refractivity contribution in [3.8, 4) is 0 Å². The van der Waals surface area contributed by atoms with Gasteiger partial charge in [-0.25, -0.2) is 9.59 Å². The first-order chi connectivity index (χ1) is 14.4. The zero-order valence-electron chi connectivity index (χ0n) is 17.0. The van der Waals surface area contributed by atoms with Gasteiger partial charge in [-0.2, -0.15) is 0 Å². The van der Waals surface area contributed by atoms with Crippen LogP contribution in [-0.4, -0.2) is 30.6 Å². The van der Waals surface area contributed by atoms with Gasteiger partial charge >= 0.3 is 11.9 Å². The summed E-state index contributed by atoms with van der Waals surface area (Å²) in [5, 5.41) is 3.05. The highest BCUT2D eigenvalue weighted by Crippen LogP contribution is 2.35. The van der Waals surface area contributed by atoms with E-state index >= 15 is 0 Å². The lowest BCUT2D eigenvalue weighted by Gasteiger charge is -2.21. The first-order valence-corrected chi connectivity index (χ1v) is 11.6. The summed E-state index contributed by atoms with van der Waals surface area (Å²) in [4.78, 5) is 38.5. The molecule has 0 bridgehead atoms. The van der Waals surface area contributed by atoms with E-state index < -0.39 is 11.9 Å². The van der Waals surface area contributed by atoms with Crippen LogP contribution in [0.5, 0.6) is 0 Å². The summed E-state index contributed by atoms with van der Waals surface area (Å²) >= 11 is 4.40. The average Bonchev–Trinajstić information content (AvgIpc) is 3.05. The second-order valence-electron chi connectivity index (χ2n) is 7.08. The molecule has 1 fully saturated rings. The van der Waals surface area contributed by atoms with Gasteiger partial charge in [0.2, 0.25) is 0 Å². The number of nitrogens with one attached hydrogen (secondary N) is 1. The van der Waals surface area contributed by atoms with Crippen LogP contribution in [0.25, 0.3) is 0 Å². The smallest absolute Gasteiger partial charge is 0.348 e. The minimum Gasteiger partial charge on any atom is -0.462 e. The molecule has 1 amide bonds. The van der Waals surface area contributed by atoms with Crippen molar-refractivity contribution in [1.82, 2.24) is 0 Å². The number of carbonyl (C=O) groups is 3. The minimum atomic E-state index is -0.578. The number of halogens is 1. The number of hydrogen-bond donors (Lipinski definition) is 1. The number of benzene rings is 1. The van der Waals surface area contributed by atoms with Crippen molar-refractivity contribution in [1.29, 1.82) is 0 Å². The van der Waals surface area contributed by atoms with Crippen LogP contribution in [0, 0.1) is 6.92 Å². The van der Waals surface area contributed by atoms with Gasteiger partial charge in [0.15, 0.2) is 0 Å². The van der Waals surface area contributed by atoms with Gasteiger partial charge in [0.1, 0.15) is 16.0 Å². The lowest BCUT2D eigenvalue weighted by molar-refractivity contribution is 0.0216. The van der Waals surface area contributed by atoms with Gasteiger partial charge in [-0.05, 0) is 73.2 Å². The molecule has 1 aliphatic rings. The Morgan fingerprint density at radius 3 is 2.50 bits per heavy atom. The Morgan fingerprint density at radius 2 is 1.83 bits per heavy atom. The van der Waals surface area contributed by atoms with E-state index in [1.54, 1.807) is 38.1 Å². The standard InChI is InChI=1S/C22H24BrNO5S/c1-3-28-21(26)17-13(2)18(22(27)29-14-9-5-4-6-10-14)30-20(17)24-19(25)15-11-7-8-12-16(15)23/h7-8,11-12,14H,3-6,9-10H2,1-2H3,(H,24,25). The highest BCUT2D eigenvalue weighted by molar-refractivity contribution is 9.10. The number of carbonyl (C=O) groups excluding carboxylic acids is 3. The van der Waals surface area contributed by atoms with E-state index in [1.165, 1.54) is 0 Å². The fourth-order valence-corrected chi connectivity index (χ4v) is 4.99. The second kappa shape index (κ2) is 10.2. The number of rotatable bonds is 6. The van der Waals surface area contributed by atoms with Crippen molar-refractivity contribution in [2.45, 2.75) is 52.1 Å². The lowest BCUT2D eigenvalue weighted by Crippen LogP contribution is -2.21. The van der Waals surface area contributed by atoms with Gasteiger partial charge < -0.3 is 14.8 Å². The molecule has 1 aliphatic carbocycles. The molecule has 1 saturated carbocycles. The molecule has 0 unspecified atom stereocenters. The summed E-state index contributed by atoms with van der Waals surface area (Å²) in [5.41, 5.74) is 1.07. The normalized spacial score (nSPS) is 14.2. The van der Waals surface area contributed by atoms with Crippen molar-refractivity contribution in [2.24, 2.45) is 0 Å². The molecule has 1 N–H and O–H groups in total. The van der Waals surface area contributed by atoms with E-state index in [0.717, 1.165) is 43.4 Å². The quantitative estimate of drug-likeness (QED) is 0.518. The second-order valence-corrected chi connectivity index (χ2v) is 8.96. The van der Waals surface area contributed by atoms with Crippen LogP contribution in [-0.2, 0) is 9.47 Å². The van der Waals surface area contributed by atoms with Gasteiger partial charge in [-0.1, -0.05) is 18.6 Å². The SMILES string of the molecule is CCOC(=O)c1c(NC(=O)c2ccccc2Br)sc(C(=O)OC2CCCCC2)c1C. The minimum absolute atomic E-state index is 0.0999. The fraction of sp³-hybridized carbons (Fsp3) is 0.409. The van der Waals surface area contributed by atoms with Crippen LogP contribution >= 0.6 is 27.3 Å². The Kier molecular flexibility index (Phi) is 7.66. The third kappa shape index (κ3) is 5.10. The predicted octanol–water partition coefficient (Wildman–Crippen LogP) is 5.74. The molecule has 0 saturated heterocycles. The molecule has 1 aromatic heterocycles. The largest absolute Gasteiger partial charge is 0.462 e. The van der Waals surface area contributed by atoms with Crippen LogP contribution in [0.3, 0.4) is 0 Å². The molecule has 0 atom stereocenters. The Morgan fingerprint density at radius 1 is 1.13 bits per heavy atom. The topological polar surface area (TPSA) is 81.7 Å². The predicted molar refractivity (Wildman–Crippen MR) is 119 cm³/mol. The molecule has 0 spiro atoms. The molecule has 30 heavy (non-hydrogen) atoms. The average molecular weight is 494 g/mol. The van der Waals surface area contributed by atoms with Gasteiger partial charge in [0, 0.05) is 4.47 Å². The third-order valence-corrected chi connectivity index (χ3v) is 6.86. The summed E-state index contributed by atoms with van der Waals surface area (Å²) < 4.78 is 11.5. The van der Waals surface area contributed by atoms with E-state index in [0.29, 0.717) is 20.5 Å². The van der Waals surface area contributed by atoms with Crippen LogP contribution in [0.2, 0.25) is 0 Å². The molecule has 1 aromatic carbocycles. The van der Waals surface area contributed by atoms with Gasteiger partial charge in [-0.15, -0.1) is 11.3 Å². The molecule has 0 radical (unpaired) electrons. The maximum absolute atomic E-state index is 12.8. The van der Waals surface area contributed by atoms with E-state index in [1.807, 2.05) is 0 Å².